The number of hydrogen-bond acceptors (Lipinski definition) is 5. The van der Waals surface area contributed by atoms with Gasteiger partial charge in [-0.1, -0.05) is 48.9 Å². The predicted molar refractivity (Wildman–Crippen MR) is 138 cm³/mol. The number of carbonyl (C=O) groups excluding carboxylic acids is 1. The number of methoxy groups -OCH3 is 2. The molecule has 7 nitrogen and oxygen atoms in total. The van der Waals surface area contributed by atoms with Crippen LogP contribution in [-0.4, -0.2) is 35.1 Å². The fourth-order valence-corrected chi connectivity index (χ4v) is 5.11. The van der Waals surface area contributed by atoms with Crippen LogP contribution in [0.15, 0.2) is 71.6 Å². The minimum atomic E-state index is -4.09. The summed E-state index contributed by atoms with van der Waals surface area (Å²) in [7, 11) is -1.18. The molecule has 0 bridgehead atoms. The Morgan fingerprint density at radius 3 is 2.14 bits per heavy atom. The maximum Gasteiger partial charge on any atom is 0.264 e. The molecule has 1 atom stereocenters. The van der Waals surface area contributed by atoms with Crippen LogP contribution in [0, 0.1) is 6.92 Å². The van der Waals surface area contributed by atoms with Crippen molar-refractivity contribution in [3.05, 3.63) is 83.4 Å². The molecule has 0 aliphatic carbocycles. The molecule has 186 valence electrons. The average molecular weight is 497 g/mol. The van der Waals surface area contributed by atoms with Gasteiger partial charge in [0.1, 0.15) is 6.54 Å². The van der Waals surface area contributed by atoms with Crippen LogP contribution in [0.5, 0.6) is 11.5 Å². The number of sulfonamides is 1. The van der Waals surface area contributed by atoms with E-state index >= 15 is 0 Å². The summed E-state index contributed by atoms with van der Waals surface area (Å²) in [5, 5.41) is 2.92. The highest BCUT2D eigenvalue weighted by molar-refractivity contribution is 7.92. The van der Waals surface area contributed by atoms with Gasteiger partial charge in [0.25, 0.3) is 10.0 Å². The highest BCUT2D eigenvalue weighted by Gasteiger charge is 2.29. The number of carbonyl (C=O) groups is 1. The van der Waals surface area contributed by atoms with Crippen LogP contribution in [0.2, 0.25) is 0 Å². The van der Waals surface area contributed by atoms with Crippen LogP contribution in [0.3, 0.4) is 0 Å². The van der Waals surface area contributed by atoms with Gasteiger partial charge in [0.05, 0.1) is 30.8 Å². The third-order valence-electron chi connectivity index (χ3n) is 5.82. The molecule has 8 heteroatoms. The van der Waals surface area contributed by atoms with Gasteiger partial charge in [-0.2, -0.15) is 0 Å². The number of aryl methyl sites for hydroxylation is 2. The number of benzene rings is 3. The maximum absolute atomic E-state index is 13.7. The van der Waals surface area contributed by atoms with Gasteiger partial charge in [0.2, 0.25) is 5.91 Å². The van der Waals surface area contributed by atoms with Crippen molar-refractivity contribution in [1.29, 1.82) is 0 Å². The second-order valence-corrected chi connectivity index (χ2v) is 10.1. The summed E-state index contributed by atoms with van der Waals surface area (Å²) in [5.74, 6) is 0.279. The molecule has 3 aromatic rings. The van der Waals surface area contributed by atoms with Gasteiger partial charge in [0.15, 0.2) is 11.5 Å². The van der Waals surface area contributed by atoms with E-state index in [1.165, 1.54) is 38.0 Å². The van der Waals surface area contributed by atoms with Crippen molar-refractivity contribution < 1.29 is 22.7 Å². The molecule has 0 saturated heterocycles. The van der Waals surface area contributed by atoms with E-state index in [2.05, 4.69) is 12.2 Å². The van der Waals surface area contributed by atoms with Crippen LogP contribution < -0.4 is 19.1 Å². The first-order valence-corrected chi connectivity index (χ1v) is 12.8. The van der Waals surface area contributed by atoms with Gasteiger partial charge in [-0.05, 0) is 55.7 Å². The maximum atomic E-state index is 13.7. The van der Waals surface area contributed by atoms with Crippen molar-refractivity contribution in [3.8, 4) is 11.5 Å². The Morgan fingerprint density at radius 1 is 0.943 bits per heavy atom. The number of rotatable bonds is 10. The van der Waals surface area contributed by atoms with E-state index in [1.54, 1.807) is 12.1 Å². The smallest absolute Gasteiger partial charge is 0.264 e. The lowest BCUT2D eigenvalue weighted by Crippen LogP contribution is -2.41. The molecule has 0 aromatic heterocycles. The number of anilines is 1. The van der Waals surface area contributed by atoms with Crippen LogP contribution in [0.25, 0.3) is 0 Å². The third-order valence-corrected chi connectivity index (χ3v) is 7.59. The molecule has 0 aliphatic heterocycles. The highest BCUT2D eigenvalue weighted by Crippen LogP contribution is 2.32. The van der Waals surface area contributed by atoms with Gasteiger partial charge in [-0.3, -0.25) is 9.10 Å². The topological polar surface area (TPSA) is 84.9 Å². The van der Waals surface area contributed by atoms with E-state index in [-0.39, 0.29) is 23.2 Å². The molecular weight excluding hydrogens is 464 g/mol. The third kappa shape index (κ3) is 6.14. The van der Waals surface area contributed by atoms with Gasteiger partial charge in [0, 0.05) is 6.07 Å². The van der Waals surface area contributed by atoms with Crippen LogP contribution in [0.4, 0.5) is 5.69 Å². The highest BCUT2D eigenvalue weighted by atomic mass is 32.2. The Labute approximate surface area is 207 Å². The molecule has 1 amide bonds. The van der Waals surface area contributed by atoms with E-state index < -0.39 is 15.9 Å². The predicted octanol–water partition coefficient (Wildman–Crippen LogP) is 4.65. The Bertz CT molecular complexity index is 1260. The van der Waals surface area contributed by atoms with Crippen molar-refractivity contribution >= 4 is 21.6 Å². The second-order valence-electron chi connectivity index (χ2n) is 8.25. The fourth-order valence-electron chi connectivity index (χ4n) is 3.67. The lowest BCUT2D eigenvalue weighted by Gasteiger charge is -2.25. The molecule has 0 saturated carbocycles. The first-order valence-electron chi connectivity index (χ1n) is 11.4. The summed E-state index contributed by atoms with van der Waals surface area (Å²) in [6.45, 7) is 5.49. The molecule has 0 aliphatic rings. The number of amides is 1. The lowest BCUT2D eigenvalue weighted by atomic mass is 10.1. The van der Waals surface area contributed by atoms with Gasteiger partial charge >= 0.3 is 0 Å². The molecule has 35 heavy (non-hydrogen) atoms. The molecule has 0 spiro atoms. The SMILES string of the molecule is CCc1ccc([C@@H](C)NC(=O)CN(c2ccc(C)cc2)S(=O)(=O)c2ccc(OC)c(OC)c2)cc1. The number of nitrogens with zero attached hydrogens (tertiary/aromatic N) is 1. The quantitative estimate of drug-likeness (QED) is 0.442. The monoisotopic (exact) mass is 496 g/mol. The van der Waals surface area contributed by atoms with Gasteiger partial charge in [-0.25, -0.2) is 8.42 Å². The summed E-state index contributed by atoms with van der Waals surface area (Å²) in [5.41, 5.74) is 3.52. The van der Waals surface area contributed by atoms with Crippen molar-refractivity contribution in [2.75, 3.05) is 25.1 Å². The fraction of sp³-hybridized carbons (Fsp3) is 0.296. The number of nitrogens with one attached hydrogen (secondary N) is 1. The van der Waals surface area contributed by atoms with E-state index in [0.29, 0.717) is 11.4 Å². The summed E-state index contributed by atoms with van der Waals surface area (Å²) in [4.78, 5) is 13.0. The van der Waals surface area contributed by atoms with E-state index in [4.69, 9.17) is 9.47 Å². The zero-order valence-electron chi connectivity index (χ0n) is 20.7. The van der Waals surface area contributed by atoms with E-state index in [0.717, 1.165) is 21.9 Å². The summed E-state index contributed by atoms with van der Waals surface area (Å²) >= 11 is 0. The summed E-state index contributed by atoms with van der Waals surface area (Å²) < 4.78 is 39.0. The molecular formula is C27H32N2O5S. The molecule has 0 unspecified atom stereocenters. The van der Waals surface area contributed by atoms with Crippen LogP contribution in [0.1, 0.15) is 36.6 Å². The molecule has 3 aromatic carbocycles. The minimum absolute atomic E-state index is 0.00766. The average Bonchev–Trinajstić information content (AvgIpc) is 2.87. The Balaban J connectivity index is 1.91. The Morgan fingerprint density at radius 2 is 1.57 bits per heavy atom. The second kappa shape index (κ2) is 11.3. The van der Waals surface area contributed by atoms with Gasteiger partial charge in [-0.15, -0.1) is 0 Å². The molecule has 0 radical (unpaired) electrons. The van der Waals surface area contributed by atoms with E-state index in [1.807, 2.05) is 50.2 Å². The standard InChI is InChI=1S/C27H32N2O5S/c1-6-21-9-11-22(12-10-21)20(3)28-27(30)18-29(23-13-7-19(2)8-14-23)35(31,32)24-15-16-25(33-4)26(17-24)34-5/h7-17,20H,6,18H2,1-5H3,(H,28,30)/t20-/m1/s1. The van der Waals surface area contributed by atoms with Crippen molar-refractivity contribution in [2.45, 2.75) is 38.1 Å². The zero-order valence-corrected chi connectivity index (χ0v) is 21.6. The Kier molecular flexibility index (Phi) is 8.40. The van der Waals surface area contributed by atoms with E-state index in [9.17, 15) is 13.2 Å². The van der Waals surface area contributed by atoms with Crippen LogP contribution in [-0.2, 0) is 21.2 Å². The van der Waals surface area contributed by atoms with Crippen LogP contribution >= 0.6 is 0 Å². The van der Waals surface area contributed by atoms with Crippen molar-refractivity contribution in [3.63, 3.8) is 0 Å². The molecule has 0 heterocycles. The lowest BCUT2D eigenvalue weighted by molar-refractivity contribution is -0.120. The molecule has 0 fully saturated rings. The Hall–Kier alpha value is -3.52. The summed E-state index contributed by atoms with van der Waals surface area (Å²) in [6, 6.07) is 19.1. The molecule has 3 rings (SSSR count). The van der Waals surface area contributed by atoms with Crippen molar-refractivity contribution in [1.82, 2.24) is 5.32 Å². The largest absolute Gasteiger partial charge is 0.493 e. The first kappa shape index (κ1) is 26.1. The van der Waals surface area contributed by atoms with Crippen molar-refractivity contribution in [2.24, 2.45) is 0 Å². The number of ether oxygens (including phenoxy) is 2. The normalized spacial score (nSPS) is 12.0. The first-order chi connectivity index (χ1) is 16.7. The minimum Gasteiger partial charge on any atom is -0.493 e. The van der Waals surface area contributed by atoms with Gasteiger partial charge < -0.3 is 14.8 Å². The molecule has 1 N–H and O–H groups in total. The zero-order chi connectivity index (χ0) is 25.6. The summed E-state index contributed by atoms with van der Waals surface area (Å²) in [6.07, 6.45) is 0.931. The number of hydrogen-bond donors (Lipinski definition) is 1.